The van der Waals surface area contributed by atoms with Gasteiger partial charge in [-0.2, -0.15) is 0 Å². The minimum atomic E-state index is -0.0787. The topological polar surface area (TPSA) is 37.4 Å². The Kier molecular flexibility index (Phi) is 1.90. The second kappa shape index (κ2) is 2.82. The van der Waals surface area contributed by atoms with Gasteiger partial charge in [0.05, 0.1) is 5.54 Å². The molecule has 2 rings (SSSR count). The highest BCUT2D eigenvalue weighted by molar-refractivity contribution is 6.02. The Hall–Kier alpha value is -0.860. The van der Waals surface area contributed by atoms with Gasteiger partial charge in [0, 0.05) is 12.8 Å². The zero-order valence-corrected chi connectivity index (χ0v) is 8.01. The fourth-order valence-corrected chi connectivity index (χ4v) is 2.43. The molecular formula is C10H15NO2. The normalized spacial score (nSPS) is 26.4. The van der Waals surface area contributed by atoms with Gasteiger partial charge in [-0.15, -0.1) is 0 Å². The Labute approximate surface area is 78.1 Å². The molecule has 2 amide bonds. The summed E-state index contributed by atoms with van der Waals surface area (Å²) in [5, 5.41) is 0. The maximum absolute atomic E-state index is 11.5. The summed E-state index contributed by atoms with van der Waals surface area (Å²) in [6.45, 7) is 2.07. The number of amides is 2. The van der Waals surface area contributed by atoms with Gasteiger partial charge < -0.3 is 0 Å². The van der Waals surface area contributed by atoms with Gasteiger partial charge in [-0.05, 0) is 25.7 Å². The molecule has 2 fully saturated rings. The molecule has 72 valence electrons. The SMILES string of the molecule is CCC1(N2C(=O)CCC2=O)CCC1. The summed E-state index contributed by atoms with van der Waals surface area (Å²) in [4.78, 5) is 24.5. The molecule has 0 atom stereocenters. The van der Waals surface area contributed by atoms with E-state index in [4.69, 9.17) is 0 Å². The molecule has 0 radical (unpaired) electrons. The first-order valence-electron chi connectivity index (χ1n) is 5.05. The molecule has 3 nitrogen and oxygen atoms in total. The fraction of sp³-hybridized carbons (Fsp3) is 0.800. The van der Waals surface area contributed by atoms with Crippen molar-refractivity contribution >= 4 is 11.8 Å². The van der Waals surface area contributed by atoms with Crippen LogP contribution in [0.25, 0.3) is 0 Å². The van der Waals surface area contributed by atoms with Gasteiger partial charge in [0.15, 0.2) is 0 Å². The van der Waals surface area contributed by atoms with Gasteiger partial charge in [0.1, 0.15) is 0 Å². The third kappa shape index (κ3) is 1.10. The van der Waals surface area contributed by atoms with E-state index >= 15 is 0 Å². The molecule has 0 unspecified atom stereocenters. The van der Waals surface area contributed by atoms with E-state index in [1.165, 1.54) is 0 Å². The van der Waals surface area contributed by atoms with Gasteiger partial charge in [0.2, 0.25) is 11.8 Å². The predicted molar refractivity (Wildman–Crippen MR) is 48.0 cm³/mol. The summed E-state index contributed by atoms with van der Waals surface area (Å²) >= 11 is 0. The molecule has 3 heteroatoms. The minimum Gasteiger partial charge on any atom is -0.276 e. The molecule has 0 aromatic heterocycles. The number of likely N-dealkylation sites (tertiary alicyclic amines) is 1. The summed E-state index contributed by atoms with van der Waals surface area (Å²) in [6.07, 6.45) is 4.97. The van der Waals surface area contributed by atoms with E-state index in [9.17, 15) is 9.59 Å². The predicted octanol–water partition coefficient (Wildman–Crippen LogP) is 1.47. The van der Waals surface area contributed by atoms with E-state index in [1.54, 1.807) is 4.90 Å². The summed E-state index contributed by atoms with van der Waals surface area (Å²) in [5.41, 5.74) is -0.0787. The molecule has 1 saturated heterocycles. The fourth-order valence-electron chi connectivity index (χ4n) is 2.43. The van der Waals surface area contributed by atoms with Crippen LogP contribution in [0, 0.1) is 0 Å². The molecule has 1 aliphatic heterocycles. The second-order valence-electron chi connectivity index (χ2n) is 4.05. The molecule has 1 heterocycles. The minimum absolute atomic E-state index is 0.0477. The number of imide groups is 1. The lowest BCUT2D eigenvalue weighted by Gasteiger charge is -2.47. The van der Waals surface area contributed by atoms with Crippen molar-refractivity contribution in [2.24, 2.45) is 0 Å². The third-order valence-corrected chi connectivity index (χ3v) is 3.47. The quantitative estimate of drug-likeness (QED) is 0.605. The van der Waals surface area contributed by atoms with Crippen LogP contribution in [-0.4, -0.2) is 22.3 Å². The van der Waals surface area contributed by atoms with Crippen molar-refractivity contribution in [3.8, 4) is 0 Å². The first-order chi connectivity index (χ1) is 6.19. The highest BCUT2D eigenvalue weighted by Crippen LogP contribution is 2.42. The number of hydrogen-bond acceptors (Lipinski definition) is 2. The molecule has 2 aliphatic rings. The third-order valence-electron chi connectivity index (χ3n) is 3.47. The smallest absolute Gasteiger partial charge is 0.230 e. The standard InChI is InChI=1S/C10H15NO2/c1-2-10(6-3-7-10)11-8(12)4-5-9(11)13/h2-7H2,1H3. The van der Waals surface area contributed by atoms with Crippen molar-refractivity contribution in [3.05, 3.63) is 0 Å². The van der Waals surface area contributed by atoms with Gasteiger partial charge in [-0.25, -0.2) is 0 Å². The van der Waals surface area contributed by atoms with E-state index in [-0.39, 0.29) is 17.4 Å². The van der Waals surface area contributed by atoms with Gasteiger partial charge in [0.25, 0.3) is 0 Å². The first-order valence-corrected chi connectivity index (χ1v) is 5.05. The van der Waals surface area contributed by atoms with Crippen molar-refractivity contribution < 1.29 is 9.59 Å². The lowest BCUT2D eigenvalue weighted by Crippen LogP contribution is -2.55. The van der Waals surface area contributed by atoms with E-state index in [0.717, 1.165) is 25.7 Å². The Morgan fingerprint density at radius 2 is 1.77 bits per heavy atom. The van der Waals surface area contributed by atoms with Crippen LogP contribution in [0.1, 0.15) is 45.4 Å². The lowest BCUT2D eigenvalue weighted by molar-refractivity contribution is -0.150. The average molecular weight is 181 g/mol. The molecular weight excluding hydrogens is 166 g/mol. The Morgan fingerprint density at radius 1 is 1.23 bits per heavy atom. The van der Waals surface area contributed by atoms with Crippen LogP contribution in [0.2, 0.25) is 0 Å². The van der Waals surface area contributed by atoms with Gasteiger partial charge in [-0.1, -0.05) is 6.92 Å². The molecule has 0 bridgehead atoms. The molecule has 0 N–H and O–H groups in total. The summed E-state index contributed by atoms with van der Waals surface area (Å²) < 4.78 is 0. The molecule has 0 aromatic carbocycles. The van der Waals surface area contributed by atoms with Gasteiger partial charge >= 0.3 is 0 Å². The van der Waals surface area contributed by atoms with Gasteiger partial charge in [-0.3, -0.25) is 14.5 Å². The summed E-state index contributed by atoms with van der Waals surface area (Å²) in [6, 6.07) is 0. The van der Waals surface area contributed by atoms with Crippen LogP contribution in [0.15, 0.2) is 0 Å². The molecule has 0 spiro atoms. The average Bonchev–Trinajstić information content (AvgIpc) is 2.35. The highest BCUT2D eigenvalue weighted by Gasteiger charge is 2.48. The first kappa shape index (κ1) is 8.73. The zero-order valence-electron chi connectivity index (χ0n) is 8.01. The van der Waals surface area contributed by atoms with Crippen molar-refractivity contribution in [2.45, 2.75) is 51.0 Å². The maximum atomic E-state index is 11.5. The largest absolute Gasteiger partial charge is 0.276 e. The Bertz CT molecular complexity index is 234. The summed E-state index contributed by atoms with van der Waals surface area (Å²) in [7, 11) is 0. The number of carbonyl (C=O) groups excluding carboxylic acids is 2. The van der Waals surface area contributed by atoms with Crippen LogP contribution in [-0.2, 0) is 9.59 Å². The van der Waals surface area contributed by atoms with Crippen LogP contribution in [0.3, 0.4) is 0 Å². The van der Waals surface area contributed by atoms with E-state index in [1.807, 2.05) is 0 Å². The molecule has 0 aromatic rings. The number of hydrogen-bond donors (Lipinski definition) is 0. The van der Waals surface area contributed by atoms with Crippen molar-refractivity contribution in [2.75, 3.05) is 0 Å². The molecule has 1 aliphatic carbocycles. The Balaban J connectivity index is 2.22. The molecule has 13 heavy (non-hydrogen) atoms. The van der Waals surface area contributed by atoms with E-state index < -0.39 is 0 Å². The van der Waals surface area contributed by atoms with Crippen LogP contribution in [0.5, 0.6) is 0 Å². The van der Waals surface area contributed by atoms with Crippen LogP contribution < -0.4 is 0 Å². The molecule has 1 saturated carbocycles. The lowest BCUT2D eigenvalue weighted by atomic mass is 9.73. The van der Waals surface area contributed by atoms with Crippen LogP contribution in [0.4, 0.5) is 0 Å². The maximum Gasteiger partial charge on any atom is 0.230 e. The van der Waals surface area contributed by atoms with E-state index in [0.29, 0.717) is 12.8 Å². The van der Waals surface area contributed by atoms with Crippen molar-refractivity contribution in [1.82, 2.24) is 4.90 Å². The monoisotopic (exact) mass is 181 g/mol. The highest BCUT2D eigenvalue weighted by atomic mass is 16.2. The summed E-state index contributed by atoms with van der Waals surface area (Å²) in [5.74, 6) is 0.0955. The zero-order chi connectivity index (χ0) is 9.47. The second-order valence-corrected chi connectivity index (χ2v) is 4.05. The number of nitrogens with zero attached hydrogens (tertiary/aromatic N) is 1. The number of carbonyl (C=O) groups is 2. The van der Waals surface area contributed by atoms with E-state index in [2.05, 4.69) is 6.92 Å². The Morgan fingerprint density at radius 3 is 2.08 bits per heavy atom. The van der Waals surface area contributed by atoms with Crippen LogP contribution >= 0.6 is 0 Å². The van der Waals surface area contributed by atoms with Crippen molar-refractivity contribution in [1.29, 1.82) is 0 Å². The van der Waals surface area contributed by atoms with Crippen molar-refractivity contribution in [3.63, 3.8) is 0 Å². The number of rotatable bonds is 2.